The van der Waals surface area contributed by atoms with E-state index in [1.165, 1.54) is 11.1 Å². The summed E-state index contributed by atoms with van der Waals surface area (Å²) in [4.78, 5) is 8.95. The van der Waals surface area contributed by atoms with Crippen molar-refractivity contribution >= 4 is 29.9 Å². The molecule has 1 heterocycles. The minimum absolute atomic E-state index is 0. The maximum absolute atomic E-state index is 5.49. The van der Waals surface area contributed by atoms with Gasteiger partial charge in [-0.05, 0) is 38.3 Å². The summed E-state index contributed by atoms with van der Waals surface area (Å²) in [6, 6.07) is 8.83. The molecule has 1 unspecified atom stereocenters. The van der Waals surface area contributed by atoms with Crippen LogP contribution in [0.3, 0.4) is 0 Å². The molecule has 0 amide bonds. The first-order valence-electron chi connectivity index (χ1n) is 10.4. The number of halogens is 1. The number of hydrogen-bond donors (Lipinski definition) is 2. The van der Waals surface area contributed by atoms with Crippen LogP contribution in [0.15, 0.2) is 33.8 Å². The number of aliphatic imine (C=N–C) groups is 1. The van der Waals surface area contributed by atoms with Gasteiger partial charge < -0.3 is 19.9 Å². The molecule has 0 spiro atoms. The molecule has 2 N–H and O–H groups in total. The molecule has 0 fully saturated rings. The van der Waals surface area contributed by atoms with Crippen molar-refractivity contribution in [2.75, 3.05) is 19.7 Å². The Kier molecular flexibility index (Phi) is 11.3. The average molecular weight is 529 g/mol. The lowest BCUT2D eigenvalue weighted by Gasteiger charge is -2.27. The van der Waals surface area contributed by atoms with Crippen LogP contribution in [0.25, 0.3) is 0 Å². The van der Waals surface area contributed by atoms with Crippen molar-refractivity contribution in [3.8, 4) is 0 Å². The first-order valence-corrected chi connectivity index (χ1v) is 10.4. The lowest BCUT2D eigenvalue weighted by molar-refractivity contribution is 0.0683. The second kappa shape index (κ2) is 12.9. The zero-order valence-corrected chi connectivity index (χ0v) is 21.3. The Balaban J connectivity index is 0.00000450. The predicted octanol–water partition coefficient (Wildman–Crippen LogP) is 4.38. The van der Waals surface area contributed by atoms with Crippen LogP contribution in [0, 0.1) is 0 Å². The minimum Gasteiger partial charge on any atom is -0.371 e. The van der Waals surface area contributed by atoms with Crippen LogP contribution in [0.2, 0.25) is 0 Å². The Morgan fingerprint density at radius 1 is 1.17 bits per heavy atom. The smallest absolute Gasteiger partial charge is 0.248 e. The van der Waals surface area contributed by atoms with Crippen molar-refractivity contribution in [2.45, 2.75) is 66.0 Å². The maximum Gasteiger partial charge on any atom is 0.248 e. The van der Waals surface area contributed by atoms with E-state index in [9.17, 15) is 0 Å². The van der Waals surface area contributed by atoms with Gasteiger partial charge >= 0.3 is 0 Å². The van der Waals surface area contributed by atoms with E-state index in [0.717, 1.165) is 25.5 Å². The molecule has 0 aliphatic carbocycles. The Labute approximate surface area is 197 Å². The van der Waals surface area contributed by atoms with E-state index >= 15 is 0 Å². The second-order valence-electron chi connectivity index (χ2n) is 7.63. The van der Waals surface area contributed by atoms with Gasteiger partial charge in [-0.15, -0.1) is 24.0 Å². The normalized spacial score (nSPS) is 12.9. The predicted molar refractivity (Wildman–Crippen MR) is 131 cm³/mol. The van der Waals surface area contributed by atoms with E-state index in [1.54, 1.807) is 0 Å². The van der Waals surface area contributed by atoms with Gasteiger partial charge in [-0.3, -0.25) is 0 Å². The molecule has 1 aromatic heterocycles. The van der Waals surface area contributed by atoms with Gasteiger partial charge in [0.05, 0.1) is 0 Å². The third kappa shape index (κ3) is 7.86. The van der Waals surface area contributed by atoms with Gasteiger partial charge in [-0.25, -0.2) is 4.99 Å². The molecular weight excluding hydrogens is 493 g/mol. The third-order valence-corrected chi connectivity index (χ3v) is 4.82. The molecule has 168 valence electrons. The third-order valence-electron chi connectivity index (χ3n) is 4.82. The summed E-state index contributed by atoms with van der Waals surface area (Å²) in [5.74, 6) is 1.74. The van der Waals surface area contributed by atoms with Gasteiger partial charge in [-0.1, -0.05) is 50.2 Å². The van der Waals surface area contributed by atoms with Gasteiger partial charge in [0.2, 0.25) is 5.89 Å². The van der Waals surface area contributed by atoms with Crippen LogP contribution in [0.4, 0.5) is 0 Å². The summed E-state index contributed by atoms with van der Waals surface area (Å²) in [6.07, 6.45) is 0.865. The molecule has 0 aliphatic rings. The zero-order valence-electron chi connectivity index (χ0n) is 19.0. The van der Waals surface area contributed by atoms with Crippen LogP contribution in [-0.2, 0) is 23.1 Å². The van der Waals surface area contributed by atoms with Crippen molar-refractivity contribution in [3.63, 3.8) is 0 Å². The molecule has 1 atom stereocenters. The molecule has 0 aliphatic heterocycles. The molecule has 2 aromatic rings. The number of nitrogens with one attached hydrogen (secondary N) is 2. The van der Waals surface area contributed by atoms with Crippen molar-refractivity contribution in [1.82, 2.24) is 20.8 Å². The van der Waals surface area contributed by atoms with E-state index in [0.29, 0.717) is 24.9 Å². The summed E-state index contributed by atoms with van der Waals surface area (Å²) in [5, 5.41) is 10.7. The zero-order chi connectivity index (χ0) is 21.3. The Morgan fingerprint density at radius 2 is 1.87 bits per heavy atom. The van der Waals surface area contributed by atoms with E-state index < -0.39 is 0 Å². The first-order chi connectivity index (χ1) is 13.9. The fourth-order valence-corrected chi connectivity index (χ4v) is 2.91. The molecular formula is C22H36IN5O2. The standard InChI is InChI=1S/C22H35N5O2.HI/c1-7-17-10-12-18(13-11-17)22(5,6)15-25-21(23-8-2)24-14-19-26-20(27-29-19)16(4)28-9-3;/h10-13,16H,7-9,14-15H2,1-6H3,(H2,23,24,25);1H. The summed E-state index contributed by atoms with van der Waals surface area (Å²) >= 11 is 0. The Morgan fingerprint density at radius 3 is 2.47 bits per heavy atom. The summed E-state index contributed by atoms with van der Waals surface area (Å²) in [7, 11) is 0. The minimum atomic E-state index is -0.187. The Hall–Kier alpha value is -1.68. The maximum atomic E-state index is 5.49. The molecule has 7 nitrogen and oxygen atoms in total. The molecule has 1 aromatic carbocycles. The van der Waals surface area contributed by atoms with E-state index in [2.05, 4.69) is 70.8 Å². The van der Waals surface area contributed by atoms with Gasteiger partial charge in [0.1, 0.15) is 12.6 Å². The highest BCUT2D eigenvalue weighted by molar-refractivity contribution is 14.0. The van der Waals surface area contributed by atoms with Crippen molar-refractivity contribution < 1.29 is 9.26 Å². The number of guanidine groups is 1. The number of nitrogens with zero attached hydrogens (tertiary/aromatic N) is 3. The molecule has 0 radical (unpaired) electrons. The van der Waals surface area contributed by atoms with Gasteiger partial charge in [0.25, 0.3) is 0 Å². The monoisotopic (exact) mass is 529 g/mol. The molecule has 8 heteroatoms. The summed E-state index contributed by atoms with van der Waals surface area (Å²) < 4.78 is 10.8. The van der Waals surface area contributed by atoms with Crippen LogP contribution >= 0.6 is 24.0 Å². The van der Waals surface area contributed by atoms with Crippen molar-refractivity contribution in [3.05, 3.63) is 47.1 Å². The topological polar surface area (TPSA) is 84.6 Å². The fraction of sp³-hybridized carbons (Fsp3) is 0.591. The van der Waals surface area contributed by atoms with Crippen LogP contribution in [-0.4, -0.2) is 35.8 Å². The van der Waals surface area contributed by atoms with Crippen molar-refractivity contribution in [1.29, 1.82) is 0 Å². The van der Waals surface area contributed by atoms with Crippen LogP contribution in [0.5, 0.6) is 0 Å². The molecule has 0 saturated heterocycles. The van der Waals surface area contributed by atoms with Crippen LogP contribution < -0.4 is 10.6 Å². The van der Waals surface area contributed by atoms with E-state index in [-0.39, 0.29) is 35.5 Å². The number of aryl methyl sites for hydroxylation is 1. The number of ether oxygens (including phenoxy) is 1. The number of rotatable bonds is 10. The highest BCUT2D eigenvalue weighted by Crippen LogP contribution is 2.22. The van der Waals surface area contributed by atoms with E-state index in [1.807, 2.05) is 20.8 Å². The van der Waals surface area contributed by atoms with Crippen LogP contribution in [0.1, 0.15) is 70.5 Å². The lowest BCUT2D eigenvalue weighted by atomic mass is 9.84. The SMILES string of the molecule is CCNC(=NCc1nc(C(C)OCC)no1)NCC(C)(C)c1ccc(CC)cc1.I. The Bertz CT molecular complexity index is 774. The van der Waals surface area contributed by atoms with Gasteiger partial charge in [-0.2, -0.15) is 4.98 Å². The molecule has 0 saturated carbocycles. The molecule has 30 heavy (non-hydrogen) atoms. The number of hydrogen-bond acceptors (Lipinski definition) is 5. The average Bonchev–Trinajstić information content (AvgIpc) is 3.19. The quantitative estimate of drug-likeness (QED) is 0.270. The fourth-order valence-electron chi connectivity index (χ4n) is 2.91. The summed E-state index contributed by atoms with van der Waals surface area (Å²) in [6.45, 7) is 15.0. The highest BCUT2D eigenvalue weighted by Gasteiger charge is 2.21. The summed E-state index contributed by atoms with van der Waals surface area (Å²) in [5.41, 5.74) is 2.61. The molecule has 0 bridgehead atoms. The largest absolute Gasteiger partial charge is 0.371 e. The highest BCUT2D eigenvalue weighted by atomic mass is 127. The van der Waals surface area contributed by atoms with Gasteiger partial charge in [0.15, 0.2) is 11.8 Å². The first kappa shape index (κ1) is 26.4. The van der Waals surface area contributed by atoms with Crippen molar-refractivity contribution in [2.24, 2.45) is 4.99 Å². The number of benzene rings is 1. The molecule has 2 rings (SSSR count). The lowest BCUT2D eigenvalue weighted by Crippen LogP contribution is -2.43. The second-order valence-corrected chi connectivity index (χ2v) is 7.63. The number of aromatic nitrogens is 2. The van der Waals surface area contributed by atoms with E-state index in [4.69, 9.17) is 9.26 Å². The van der Waals surface area contributed by atoms with Gasteiger partial charge in [0, 0.05) is 25.1 Å².